The van der Waals surface area contributed by atoms with E-state index >= 15 is 0 Å². The van der Waals surface area contributed by atoms with Gasteiger partial charge in [0, 0.05) is 77.9 Å². The zero-order valence-corrected chi connectivity index (χ0v) is 57.3. The molecule has 0 bridgehead atoms. The van der Waals surface area contributed by atoms with Gasteiger partial charge in [-0.25, -0.2) is 0 Å². The molecule has 4 nitrogen and oxygen atoms in total. The molecule has 0 amide bonds. The molecule has 0 radical (unpaired) electrons. The van der Waals surface area contributed by atoms with Crippen molar-refractivity contribution in [2.24, 2.45) is 0 Å². The van der Waals surface area contributed by atoms with Gasteiger partial charge in [0.25, 0.3) is 6.71 Å². The summed E-state index contributed by atoms with van der Waals surface area (Å²) in [7, 11) is 0. The Bertz CT molecular complexity index is 4990. The largest absolute Gasteiger partial charge is 0.310 e. The molecule has 476 valence electrons. The average molecular weight is 1270 g/mol. The van der Waals surface area contributed by atoms with Gasteiger partial charge in [-0.15, -0.1) is 0 Å². The van der Waals surface area contributed by atoms with Crippen molar-refractivity contribution in [3.63, 3.8) is 0 Å². The summed E-state index contributed by atoms with van der Waals surface area (Å²) in [4.78, 5) is 5.52. The van der Waals surface area contributed by atoms with Gasteiger partial charge in [-0.05, 0) is 164 Å². The molecule has 0 N–H and O–H groups in total. The van der Waals surface area contributed by atoms with Crippen LogP contribution in [-0.2, 0) is 17.3 Å². The fourth-order valence-electron chi connectivity index (χ4n) is 16.2. The van der Waals surface area contributed by atoms with Crippen LogP contribution < -0.4 is 26.2 Å². The number of hydrogen-bond acceptors (Lipinski definition) is 2. The highest BCUT2D eigenvalue weighted by Crippen LogP contribution is 2.55. The van der Waals surface area contributed by atoms with Gasteiger partial charge in [-0.2, -0.15) is 0 Å². The van der Waals surface area contributed by atoms with Gasteiger partial charge < -0.3 is 18.9 Å². The van der Waals surface area contributed by atoms with Crippen molar-refractivity contribution in [2.75, 3.05) is 9.80 Å². The third kappa shape index (κ3) is 10.3. The summed E-state index contributed by atoms with van der Waals surface area (Å²) in [6.45, 7) is 16.3. The lowest BCUT2D eigenvalue weighted by molar-refractivity contribution is 0.590. The zero-order chi connectivity index (χ0) is 66.4. The van der Waals surface area contributed by atoms with Gasteiger partial charge in [0.2, 0.25) is 0 Å². The molecule has 0 saturated carbocycles. The van der Waals surface area contributed by atoms with E-state index in [-0.39, 0.29) is 17.5 Å². The quantitative estimate of drug-likeness (QED) is 0.0797. The van der Waals surface area contributed by atoms with E-state index in [1.807, 2.05) is 0 Å². The van der Waals surface area contributed by atoms with Gasteiger partial charge in [0.1, 0.15) is 0 Å². The highest BCUT2D eigenvalue weighted by molar-refractivity contribution is 7.00. The second kappa shape index (κ2) is 24.3. The summed E-state index contributed by atoms with van der Waals surface area (Å²) in [5.74, 6) is 0. The van der Waals surface area contributed by atoms with Gasteiger partial charge in [0.05, 0.1) is 33.4 Å². The molecule has 0 fully saturated rings. The summed E-state index contributed by atoms with van der Waals surface area (Å²) in [5.41, 5.74) is 30.9. The number of fused-ring (bicyclic) bond motifs is 10. The minimum Gasteiger partial charge on any atom is -0.310 e. The lowest BCUT2D eigenvalue weighted by Gasteiger charge is -2.46. The topological polar surface area (TPSA) is 16.3 Å². The molecule has 15 aromatic rings. The molecule has 0 saturated heterocycles. The standard InChI is InChI=1S/C93H81BN4/c1-8-9-10-11-16-33-62-54-87-89-88(55-62)98(91-77(65-38-21-14-22-39-65)58-68(93(5,6)7)59-78(91)66-40-23-15-24-41-66)86-61-70(96-83-48-31-27-44-73(83)74-45-28-32-49-84(74)96)51-53-80(86)94(89)79-52-50-69(95-81-46-29-25-42-71(81)72-43-26-30-47-82(72)95)60-85(79)97(87)90-75(63-34-17-12-18-35-63)56-67(92(2,3)4)57-76(90)64-36-19-13-20-37-64/h12-15,17-32,34-61H,8-11,16,33H2,1-7H3. The van der Waals surface area contributed by atoms with Gasteiger partial charge in [0.15, 0.2) is 0 Å². The number of benzene rings is 13. The van der Waals surface area contributed by atoms with Crippen LogP contribution in [0.25, 0.3) is 99.5 Å². The first kappa shape index (κ1) is 60.8. The smallest absolute Gasteiger partial charge is 0.252 e. The minimum atomic E-state index is -0.195. The second-order valence-electron chi connectivity index (χ2n) is 29.3. The Balaban J connectivity index is 1.06. The third-order valence-corrected chi connectivity index (χ3v) is 21.1. The van der Waals surface area contributed by atoms with E-state index in [4.69, 9.17) is 0 Å². The van der Waals surface area contributed by atoms with E-state index in [2.05, 4.69) is 359 Å². The van der Waals surface area contributed by atoms with Crippen molar-refractivity contribution in [3.8, 4) is 55.9 Å². The maximum Gasteiger partial charge on any atom is 0.252 e. The molecule has 0 spiro atoms. The van der Waals surface area contributed by atoms with Crippen molar-refractivity contribution in [2.45, 2.75) is 97.8 Å². The fraction of sp³-hybridized carbons (Fsp3) is 0.161. The first-order chi connectivity index (χ1) is 47.9. The molecular weight excluding hydrogens is 1180 g/mol. The molecule has 0 atom stereocenters. The number of nitrogens with zero attached hydrogens (tertiary/aromatic N) is 4. The average Bonchev–Trinajstić information content (AvgIpc) is 0.814. The molecular formula is C93H81BN4. The van der Waals surface area contributed by atoms with Crippen molar-refractivity contribution >= 4 is 101 Å². The molecule has 5 heteroatoms. The maximum atomic E-state index is 2.76. The predicted molar refractivity (Wildman–Crippen MR) is 421 cm³/mol. The number of para-hydroxylation sites is 4. The Morgan fingerprint density at radius 3 is 0.949 bits per heavy atom. The van der Waals surface area contributed by atoms with Gasteiger partial charge in [-0.1, -0.05) is 280 Å². The summed E-state index contributed by atoms with van der Waals surface area (Å²) in [6.07, 6.45) is 6.83. The Morgan fingerprint density at radius 2 is 0.622 bits per heavy atom. The van der Waals surface area contributed by atoms with Crippen LogP contribution in [0.1, 0.15) is 97.3 Å². The van der Waals surface area contributed by atoms with Crippen molar-refractivity contribution < 1.29 is 0 Å². The van der Waals surface area contributed by atoms with E-state index in [9.17, 15) is 0 Å². The number of aryl methyl sites for hydroxylation is 1. The number of aromatic nitrogens is 2. The zero-order valence-electron chi connectivity index (χ0n) is 57.3. The molecule has 17 rings (SSSR count). The van der Waals surface area contributed by atoms with Crippen LogP contribution in [0.15, 0.2) is 291 Å². The number of unbranched alkanes of at least 4 members (excludes halogenated alkanes) is 4. The van der Waals surface area contributed by atoms with E-state index in [1.54, 1.807) is 0 Å². The highest BCUT2D eigenvalue weighted by atomic mass is 15.2. The summed E-state index contributed by atoms with van der Waals surface area (Å²) in [5, 5.41) is 4.97. The van der Waals surface area contributed by atoms with Crippen molar-refractivity contribution in [1.82, 2.24) is 9.13 Å². The normalized spacial score (nSPS) is 12.8. The van der Waals surface area contributed by atoms with Crippen LogP contribution in [0.5, 0.6) is 0 Å². The van der Waals surface area contributed by atoms with Crippen LogP contribution in [0.4, 0.5) is 34.1 Å². The molecule has 0 unspecified atom stereocenters. The summed E-state index contributed by atoms with van der Waals surface area (Å²) >= 11 is 0. The van der Waals surface area contributed by atoms with Crippen LogP contribution in [-0.4, -0.2) is 15.8 Å². The molecule has 0 aliphatic carbocycles. The van der Waals surface area contributed by atoms with Crippen molar-refractivity contribution in [3.05, 3.63) is 308 Å². The molecule has 2 aliphatic rings. The van der Waals surface area contributed by atoms with E-state index < -0.39 is 0 Å². The molecule has 98 heavy (non-hydrogen) atoms. The van der Waals surface area contributed by atoms with E-state index in [1.165, 1.54) is 181 Å². The van der Waals surface area contributed by atoms with Gasteiger partial charge >= 0.3 is 0 Å². The fourth-order valence-corrected chi connectivity index (χ4v) is 16.2. The van der Waals surface area contributed by atoms with E-state index in [0.29, 0.717) is 0 Å². The highest BCUT2D eigenvalue weighted by Gasteiger charge is 2.46. The van der Waals surface area contributed by atoms with Gasteiger partial charge in [-0.3, -0.25) is 0 Å². The van der Waals surface area contributed by atoms with Crippen LogP contribution in [0, 0.1) is 0 Å². The van der Waals surface area contributed by atoms with Crippen LogP contribution >= 0.6 is 0 Å². The number of rotatable bonds is 14. The molecule has 2 aromatic heterocycles. The molecule has 2 aliphatic heterocycles. The Hall–Kier alpha value is -10.9. The summed E-state index contributed by atoms with van der Waals surface area (Å²) in [6, 6.07) is 111. The first-order valence-corrected chi connectivity index (χ1v) is 35.5. The molecule has 13 aromatic carbocycles. The predicted octanol–water partition coefficient (Wildman–Crippen LogP) is 23.7. The summed E-state index contributed by atoms with van der Waals surface area (Å²) < 4.78 is 5.03. The maximum absolute atomic E-state index is 2.76. The van der Waals surface area contributed by atoms with Crippen LogP contribution in [0.3, 0.4) is 0 Å². The third-order valence-electron chi connectivity index (χ3n) is 21.1. The van der Waals surface area contributed by atoms with Crippen LogP contribution in [0.2, 0.25) is 0 Å². The lowest BCUT2D eigenvalue weighted by Crippen LogP contribution is -2.61. The van der Waals surface area contributed by atoms with Crippen molar-refractivity contribution in [1.29, 1.82) is 0 Å². The number of hydrogen-bond donors (Lipinski definition) is 0. The Morgan fingerprint density at radius 1 is 0.306 bits per heavy atom. The second-order valence-corrected chi connectivity index (χ2v) is 29.3. The Labute approximate surface area is 577 Å². The SMILES string of the molecule is CCCCCCCc1cc2c3c(c1)N(c1c(-c4ccccc4)cc(C(C)(C)C)cc1-c1ccccc1)c1cc(-n4c5ccccc5c5ccccc54)ccc1B3c1ccc(-n3c4ccccc4c4ccccc43)cc1N2c1c(-c2ccccc2)cc(C(C)(C)C)cc1-c1ccccc1. The monoisotopic (exact) mass is 1260 g/mol. The van der Waals surface area contributed by atoms with E-state index in [0.717, 1.165) is 24.2 Å². The first-order valence-electron chi connectivity index (χ1n) is 35.5. The number of anilines is 6. The minimum absolute atomic E-state index is 0.172. The Kier molecular flexibility index (Phi) is 15.1. The molecule has 4 heterocycles. The lowest BCUT2D eigenvalue weighted by atomic mass is 9.33.